The van der Waals surface area contributed by atoms with E-state index in [0.717, 1.165) is 31.2 Å². The first-order valence-corrected chi connectivity index (χ1v) is 11.0. The van der Waals surface area contributed by atoms with Gasteiger partial charge in [-0.2, -0.15) is 0 Å². The summed E-state index contributed by atoms with van der Waals surface area (Å²) < 4.78 is 0. The maximum atomic E-state index is 13.5. The number of carbonyl (C=O) groups is 2. The Morgan fingerprint density at radius 3 is 2.52 bits per heavy atom. The van der Waals surface area contributed by atoms with Gasteiger partial charge in [0.2, 0.25) is 0 Å². The molecule has 4 rings (SSSR count). The molecule has 1 aromatic carbocycles. The lowest BCUT2D eigenvalue weighted by Crippen LogP contribution is -2.57. The molecule has 3 aliphatic rings. The molecular weight excluding hydrogens is 392 g/mol. The summed E-state index contributed by atoms with van der Waals surface area (Å²) in [6.45, 7) is 1.15. The zero-order valence-corrected chi connectivity index (χ0v) is 17.3. The highest BCUT2D eigenvalue weighted by Crippen LogP contribution is 2.54. The van der Waals surface area contributed by atoms with Crippen LogP contribution in [0.25, 0.3) is 0 Å². The van der Waals surface area contributed by atoms with Crippen LogP contribution in [-0.2, 0) is 4.79 Å². The summed E-state index contributed by atoms with van der Waals surface area (Å²) in [6, 6.07) is 6.53. The van der Waals surface area contributed by atoms with Crippen LogP contribution in [0.15, 0.2) is 24.3 Å². The predicted molar refractivity (Wildman–Crippen MR) is 110 cm³/mol. The second-order valence-electron chi connectivity index (χ2n) is 8.78. The van der Waals surface area contributed by atoms with Crippen LogP contribution in [0.5, 0.6) is 0 Å². The Balaban J connectivity index is 1.58. The van der Waals surface area contributed by atoms with Gasteiger partial charge in [-0.3, -0.25) is 9.69 Å². The number of carboxylic acid groups (broad SMARTS) is 1. The van der Waals surface area contributed by atoms with E-state index in [1.807, 2.05) is 12.1 Å². The van der Waals surface area contributed by atoms with Gasteiger partial charge in [0.25, 0.3) is 0 Å². The number of carbonyl (C=O) groups excluding carboxylic acids is 1. The Bertz CT molecular complexity index is 766. The van der Waals surface area contributed by atoms with Gasteiger partial charge in [-0.1, -0.05) is 23.7 Å². The highest BCUT2D eigenvalue weighted by Gasteiger charge is 2.53. The third-order valence-electron chi connectivity index (χ3n) is 6.81. The minimum atomic E-state index is -1.07. The fraction of sp³-hybridized carbons (Fsp3) is 0.636. The number of piperazine rings is 1. The molecule has 2 saturated carbocycles. The van der Waals surface area contributed by atoms with Gasteiger partial charge in [0.15, 0.2) is 5.78 Å². The number of hydrogen-bond acceptors (Lipinski definition) is 4. The lowest BCUT2D eigenvalue weighted by atomic mass is 9.79. The van der Waals surface area contributed by atoms with E-state index in [1.165, 1.54) is 4.90 Å². The second kappa shape index (κ2) is 8.25. The monoisotopic (exact) mass is 420 g/mol. The summed E-state index contributed by atoms with van der Waals surface area (Å²) >= 11 is 6.19. The van der Waals surface area contributed by atoms with Crippen molar-refractivity contribution in [2.75, 3.05) is 19.6 Å². The Kier molecular flexibility index (Phi) is 5.87. The lowest BCUT2D eigenvalue weighted by Gasteiger charge is -2.36. The van der Waals surface area contributed by atoms with Gasteiger partial charge in [-0.05, 0) is 68.1 Å². The van der Waals surface area contributed by atoms with Crippen LogP contribution in [0.3, 0.4) is 0 Å². The molecule has 29 heavy (non-hydrogen) atoms. The van der Waals surface area contributed by atoms with Crippen molar-refractivity contribution in [3.63, 3.8) is 0 Å². The summed E-state index contributed by atoms with van der Waals surface area (Å²) in [6.07, 6.45) is 4.24. The molecule has 3 fully saturated rings. The lowest BCUT2D eigenvalue weighted by molar-refractivity contribution is -0.126. The average Bonchev–Trinajstić information content (AvgIpc) is 3.59. The number of halogens is 1. The summed E-state index contributed by atoms with van der Waals surface area (Å²) in [5.74, 6) is 0.0919. The van der Waals surface area contributed by atoms with Gasteiger partial charge >= 0.3 is 6.09 Å². The Hall–Kier alpha value is -1.63. The van der Waals surface area contributed by atoms with Crippen LogP contribution < -0.4 is 5.32 Å². The van der Waals surface area contributed by atoms with Gasteiger partial charge in [0.05, 0.1) is 5.60 Å². The molecule has 1 heterocycles. The van der Waals surface area contributed by atoms with E-state index in [9.17, 15) is 19.8 Å². The molecule has 1 saturated heterocycles. The number of rotatable bonds is 8. The molecule has 1 aromatic rings. The number of amides is 1. The Morgan fingerprint density at radius 2 is 1.93 bits per heavy atom. The van der Waals surface area contributed by atoms with Crippen molar-refractivity contribution in [3.8, 4) is 0 Å². The van der Waals surface area contributed by atoms with Gasteiger partial charge in [0.1, 0.15) is 6.04 Å². The fourth-order valence-corrected chi connectivity index (χ4v) is 5.10. The molecule has 0 radical (unpaired) electrons. The second-order valence-corrected chi connectivity index (χ2v) is 9.22. The molecule has 0 bridgehead atoms. The molecule has 6 nitrogen and oxygen atoms in total. The minimum absolute atomic E-state index is 0.115. The van der Waals surface area contributed by atoms with Crippen LogP contribution in [0.2, 0.25) is 5.02 Å². The first kappa shape index (κ1) is 20.6. The number of hydrogen-bond donors (Lipinski definition) is 3. The summed E-state index contributed by atoms with van der Waals surface area (Å²) in [4.78, 5) is 26.5. The van der Waals surface area contributed by atoms with Crippen LogP contribution >= 0.6 is 11.6 Å². The molecule has 1 aliphatic heterocycles. The summed E-state index contributed by atoms with van der Waals surface area (Å²) in [5, 5.41) is 24.6. The largest absolute Gasteiger partial charge is 0.465 e. The Morgan fingerprint density at radius 1 is 1.24 bits per heavy atom. The first-order chi connectivity index (χ1) is 13.9. The van der Waals surface area contributed by atoms with Crippen molar-refractivity contribution in [1.29, 1.82) is 0 Å². The van der Waals surface area contributed by atoms with Crippen LogP contribution in [0.4, 0.5) is 4.79 Å². The maximum absolute atomic E-state index is 13.5. The first-order valence-electron chi connectivity index (χ1n) is 10.6. The standard InChI is InChI=1S/C22H29ClN2O4/c23-17-3-1-2-14(12-17)18(8-9-22(29,15-4-5-15)16-6-7-16)20(26)19-13-24-10-11-25(19)21(27)28/h1-3,12,15-16,18-19,24,29H,4-11,13H2,(H,27,28). The number of nitrogens with one attached hydrogen (secondary N) is 1. The topological polar surface area (TPSA) is 89.9 Å². The zero-order chi connectivity index (χ0) is 20.6. The number of Topliss-reactive ketones (excluding diaryl/α,β-unsaturated/α-hetero) is 1. The van der Waals surface area contributed by atoms with Crippen molar-refractivity contribution in [2.24, 2.45) is 11.8 Å². The van der Waals surface area contributed by atoms with E-state index in [0.29, 0.717) is 49.3 Å². The molecule has 7 heteroatoms. The van der Waals surface area contributed by atoms with E-state index < -0.39 is 23.7 Å². The smallest absolute Gasteiger partial charge is 0.408 e. The van der Waals surface area contributed by atoms with Crippen LogP contribution in [0, 0.1) is 11.8 Å². The molecular formula is C22H29ClN2O4. The van der Waals surface area contributed by atoms with Gasteiger partial charge in [-0.15, -0.1) is 0 Å². The van der Waals surface area contributed by atoms with Crippen molar-refractivity contribution >= 4 is 23.5 Å². The van der Waals surface area contributed by atoms with E-state index >= 15 is 0 Å². The van der Waals surface area contributed by atoms with Crippen molar-refractivity contribution in [2.45, 2.75) is 56.1 Å². The summed E-state index contributed by atoms with van der Waals surface area (Å²) in [7, 11) is 0. The zero-order valence-electron chi connectivity index (χ0n) is 16.5. The van der Waals surface area contributed by atoms with Gasteiger partial charge in [-0.25, -0.2) is 4.79 Å². The predicted octanol–water partition coefficient (Wildman–Crippen LogP) is 3.28. The molecule has 2 aliphatic carbocycles. The van der Waals surface area contributed by atoms with Crippen LogP contribution in [-0.4, -0.2) is 58.3 Å². The van der Waals surface area contributed by atoms with Crippen molar-refractivity contribution < 1.29 is 19.8 Å². The molecule has 0 spiro atoms. The molecule has 0 aromatic heterocycles. The normalized spacial score (nSPS) is 23.7. The highest BCUT2D eigenvalue weighted by atomic mass is 35.5. The molecule has 2 unspecified atom stereocenters. The molecule has 1 amide bonds. The van der Waals surface area contributed by atoms with E-state index in [2.05, 4.69) is 5.32 Å². The number of nitrogens with zero attached hydrogens (tertiary/aromatic N) is 1. The minimum Gasteiger partial charge on any atom is -0.465 e. The van der Waals surface area contributed by atoms with Gasteiger partial charge in [0, 0.05) is 30.6 Å². The fourth-order valence-electron chi connectivity index (χ4n) is 4.90. The number of aliphatic hydroxyl groups is 1. The molecule has 2 atom stereocenters. The highest BCUT2D eigenvalue weighted by molar-refractivity contribution is 6.30. The van der Waals surface area contributed by atoms with Crippen LogP contribution in [0.1, 0.15) is 50.0 Å². The molecule has 3 N–H and O–H groups in total. The number of benzene rings is 1. The maximum Gasteiger partial charge on any atom is 0.408 e. The SMILES string of the molecule is O=C(C(CCC(O)(C1CC1)C1CC1)c1cccc(Cl)c1)C1CNCCN1C(=O)O. The Labute approximate surface area is 176 Å². The quantitative estimate of drug-likeness (QED) is 0.600. The van der Waals surface area contributed by atoms with E-state index in [4.69, 9.17) is 11.6 Å². The van der Waals surface area contributed by atoms with Crippen molar-refractivity contribution in [1.82, 2.24) is 10.2 Å². The van der Waals surface area contributed by atoms with Gasteiger partial charge < -0.3 is 15.5 Å². The average molecular weight is 421 g/mol. The molecule has 158 valence electrons. The number of ketones is 1. The van der Waals surface area contributed by atoms with E-state index in [1.54, 1.807) is 12.1 Å². The van der Waals surface area contributed by atoms with Crippen molar-refractivity contribution in [3.05, 3.63) is 34.9 Å². The van der Waals surface area contributed by atoms with E-state index in [-0.39, 0.29) is 5.78 Å². The summed E-state index contributed by atoms with van der Waals surface area (Å²) in [5.41, 5.74) is 0.112. The third-order valence-corrected chi connectivity index (χ3v) is 7.05. The third kappa shape index (κ3) is 4.44.